The van der Waals surface area contributed by atoms with Gasteiger partial charge in [0, 0.05) is 36.7 Å². The molecule has 0 spiro atoms. The molecule has 2 fully saturated rings. The lowest BCUT2D eigenvalue weighted by molar-refractivity contribution is -0.0246. The van der Waals surface area contributed by atoms with Crippen LogP contribution < -0.4 is 4.74 Å². The topological polar surface area (TPSA) is 32.8 Å². The number of piperidine rings is 2. The molecule has 164 valence electrons. The summed E-state index contributed by atoms with van der Waals surface area (Å²) in [6, 6.07) is 16.9. The van der Waals surface area contributed by atoms with Crippen molar-refractivity contribution in [2.75, 3.05) is 19.6 Å². The Labute approximate surface area is 186 Å². The molecule has 4 heteroatoms. The quantitative estimate of drug-likeness (QED) is 0.599. The molecule has 0 unspecified atom stereocenters. The van der Waals surface area contributed by atoms with Crippen molar-refractivity contribution in [3.05, 3.63) is 59.7 Å². The van der Waals surface area contributed by atoms with E-state index >= 15 is 0 Å². The van der Waals surface area contributed by atoms with Crippen molar-refractivity contribution < 1.29 is 9.53 Å². The lowest BCUT2D eigenvalue weighted by Gasteiger charge is -2.61. The van der Waals surface area contributed by atoms with Crippen LogP contribution in [0, 0.1) is 5.41 Å². The largest absolute Gasteiger partial charge is 0.457 e. The van der Waals surface area contributed by atoms with Gasteiger partial charge >= 0.3 is 6.03 Å². The molecule has 0 saturated carbocycles. The first-order valence-electron chi connectivity index (χ1n) is 11.8. The number of benzene rings is 2. The van der Waals surface area contributed by atoms with Gasteiger partial charge in [0.1, 0.15) is 11.5 Å². The maximum Gasteiger partial charge on any atom is 0.320 e. The summed E-state index contributed by atoms with van der Waals surface area (Å²) in [5.74, 6) is 1.79. The lowest BCUT2D eigenvalue weighted by atomic mass is 9.51. The van der Waals surface area contributed by atoms with Gasteiger partial charge in [-0.15, -0.1) is 0 Å². The van der Waals surface area contributed by atoms with Gasteiger partial charge in [0.2, 0.25) is 0 Å². The summed E-state index contributed by atoms with van der Waals surface area (Å²) in [5, 5.41) is 0. The number of likely N-dealkylation sites (tertiary alicyclic amines) is 2. The first-order valence-corrected chi connectivity index (χ1v) is 11.8. The normalized spacial score (nSPS) is 26.9. The van der Waals surface area contributed by atoms with E-state index < -0.39 is 0 Å². The van der Waals surface area contributed by atoms with Crippen LogP contribution in [0.4, 0.5) is 4.79 Å². The Kier molecular flexibility index (Phi) is 4.99. The summed E-state index contributed by atoms with van der Waals surface area (Å²) < 4.78 is 6.35. The Balaban J connectivity index is 1.52. The summed E-state index contributed by atoms with van der Waals surface area (Å²) in [7, 11) is 0. The van der Waals surface area contributed by atoms with Crippen LogP contribution in [0.25, 0.3) is 0 Å². The first kappa shape index (κ1) is 20.4. The van der Waals surface area contributed by atoms with Gasteiger partial charge in [0.15, 0.2) is 0 Å². The van der Waals surface area contributed by atoms with Crippen molar-refractivity contribution in [2.24, 2.45) is 5.41 Å². The molecule has 0 radical (unpaired) electrons. The van der Waals surface area contributed by atoms with Crippen molar-refractivity contribution in [3.63, 3.8) is 0 Å². The molecule has 31 heavy (non-hydrogen) atoms. The summed E-state index contributed by atoms with van der Waals surface area (Å²) in [6.45, 7) is 9.76. The SMILES string of the molecule is CC1(C)[C@H]2Cc3c(Oc4ccccc4)cccc3[C@]1(C)CCN2C(=O)N1CCCCC1. The number of rotatable bonds is 2. The Hall–Kier alpha value is -2.49. The van der Waals surface area contributed by atoms with E-state index in [1.54, 1.807) is 0 Å². The second kappa shape index (κ2) is 7.58. The zero-order valence-electron chi connectivity index (χ0n) is 19.1. The van der Waals surface area contributed by atoms with Crippen LogP contribution in [0.3, 0.4) is 0 Å². The van der Waals surface area contributed by atoms with E-state index in [0.717, 1.165) is 56.8 Å². The molecule has 1 aliphatic carbocycles. The molecule has 2 saturated heterocycles. The standard InChI is InChI=1S/C27H34N2O2/c1-26(2)24-19-21-22(13-10-14-23(21)31-20-11-6-4-7-12-20)27(26,3)15-18-29(24)25(30)28-16-8-5-9-17-28/h4,6-7,10-14,24H,5,8-9,15-19H2,1-3H3/t24-,27+/m1/s1. The molecule has 0 aromatic heterocycles. The molecule has 0 N–H and O–H groups in total. The summed E-state index contributed by atoms with van der Waals surface area (Å²) >= 11 is 0. The molecular formula is C27H34N2O2. The van der Waals surface area contributed by atoms with Gasteiger partial charge in [-0.25, -0.2) is 4.79 Å². The molecule has 2 aromatic carbocycles. The highest BCUT2D eigenvalue weighted by Gasteiger charge is 2.57. The number of urea groups is 1. The van der Waals surface area contributed by atoms with E-state index in [-0.39, 0.29) is 22.9 Å². The predicted octanol–water partition coefficient (Wildman–Crippen LogP) is 6.00. The third-order valence-corrected chi connectivity index (χ3v) is 8.45. The number of carbonyl (C=O) groups is 1. The number of hydrogen-bond acceptors (Lipinski definition) is 2. The number of nitrogens with zero attached hydrogens (tertiary/aromatic N) is 2. The Bertz CT molecular complexity index is 964. The summed E-state index contributed by atoms with van der Waals surface area (Å²) in [5.41, 5.74) is 2.68. The van der Waals surface area contributed by atoms with E-state index in [1.807, 2.05) is 30.3 Å². The van der Waals surface area contributed by atoms with Gasteiger partial charge in [0.25, 0.3) is 0 Å². The van der Waals surface area contributed by atoms with Crippen molar-refractivity contribution in [1.29, 1.82) is 0 Å². The molecule has 2 aromatic rings. The van der Waals surface area contributed by atoms with E-state index in [0.29, 0.717) is 0 Å². The van der Waals surface area contributed by atoms with Crippen molar-refractivity contribution in [3.8, 4) is 11.5 Å². The molecule has 2 amide bonds. The average molecular weight is 419 g/mol. The van der Waals surface area contributed by atoms with Crippen LogP contribution in [-0.2, 0) is 11.8 Å². The third kappa shape index (κ3) is 3.22. The lowest BCUT2D eigenvalue weighted by Crippen LogP contribution is -2.66. The highest BCUT2D eigenvalue weighted by atomic mass is 16.5. The summed E-state index contributed by atoms with van der Waals surface area (Å²) in [4.78, 5) is 17.8. The van der Waals surface area contributed by atoms with Gasteiger partial charge in [-0.1, -0.05) is 51.1 Å². The van der Waals surface area contributed by atoms with Crippen LogP contribution in [0.1, 0.15) is 57.6 Å². The molecule has 2 bridgehead atoms. The maximum absolute atomic E-state index is 13.6. The van der Waals surface area contributed by atoms with Gasteiger partial charge in [-0.3, -0.25) is 0 Å². The van der Waals surface area contributed by atoms with E-state index in [4.69, 9.17) is 4.74 Å². The fourth-order valence-electron chi connectivity index (χ4n) is 6.12. The van der Waals surface area contributed by atoms with Gasteiger partial charge in [-0.05, 0) is 61.3 Å². The number of para-hydroxylation sites is 1. The fourth-order valence-corrected chi connectivity index (χ4v) is 6.12. The minimum absolute atomic E-state index is 0.00489. The second-order valence-electron chi connectivity index (χ2n) is 10.2. The fraction of sp³-hybridized carbons (Fsp3) is 0.519. The van der Waals surface area contributed by atoms with E-state index in [2.05, 4.69) is 48.8 Å². The van der Waals surface area contributed by atoms with Crippen LogP contribution in [0.2, 0.25) is 0 Å². The molecule has 2 heterocycles. The minimum Gasteiger partial charge on any atom is -0.457 e. The zero-order chi connectivity index (χ0) is 21.6. The van der Waals surface area contributed by atoms with Crippen LogP contribution in [0.5, 0.6) is 11.5 Å². The van der Waals surface area contributed by atoms with Crippen molar-refractivity contribution in [2.45, 2.75) is 64.3 Å². The molecular weight excluding hydrogens is 384 g/mol. The van der Waals surface area contributed by atoms with Gasteiger partial charge in [-0.2, -0.15) is 0 Å². The molecule has 5 rings (SSSR count). The molecule has 3 aliphatic rings. The monoisotopic (exact) mass is 418 g/mol. The highest BCUT2D eigenvalue weighted by Crippen LogP contribution is 2.57. The van der Waals surface area contributed by atoms with Crippen LogP contribution in [0.15, 0.2) is 48.5 Å². The molecule has 2 atom stereocenters. The molecule has 2 aliphatic heterocycles. The highest BCUT2D eigenvalue weighted by molar-refractivity contribution is 5.76. The maximum atomic E-state index is 13.6. The van der Waals surface area contributed by atoms with Crippen LogP contribution >= 0.6 is 0 Å². The number of fused-ring (bicyclic) bond motifs is 4. The Morgan fingerprint density at radius 2 is 1.68 bits per heavy atom. The minimum atomic E-state index is -0.00489. The van der Waals surface area contributed by atoms with Crippen LogP contribution in [-0.4, -0.2) is 41.5 Å². The number of hydrogen-bond donors (Lipinski definition) is 0. The van der Waals surface area contributed by atoms with E-state index in [9.17, 15) is 4.79 Å². The summed E-state index contributed by atoms with van der Waals surface area (Å²) in [6.07, 6.45) is 5.33. The number of ether oxygens (including phenoxy) is 1. The predicted molar refractivity (Wildman–Crippen MR) is 124 cm³/mol. The Morgan fingerprint density at radius 3 is 2.42 bits per heavy atom. The average Bonchev–Trinajstić information content (AvgIpc) is 2.78. The molecule has 4 nitrogen and oxygen atoms in total. The third-order valence-electron chi connectivity index (χ3n) is 8.45. The zero-order valence-corrected chi connectivity index (χ0v) is 19.1. The Morgan fingerprint density at radius 1 is 0.935 bits per heavy atom. The van der Waals surface area contributed by atoms with Crippen molar-refractivity contribution >= 4 is 6.03 Å². The van der Waals surface area contributed by atoms with Crippen molar-refractivity contribution in [1.82, 2.24) is 9.80 Å². The van der Waals surface area contributed by atoms with Gasteiger partial charge < -0.3 is 14.5 Å². The first-order chi connectivity index (χ1) is 14.9. The number of amides is 2. The smallest absolute Gasteiger partial charge is 0.320 e. The van der Waals surface area contributed by atoms with Gasteiger partial charge in [0.05, 0.1) is 0 Å². The second-order valence-corrected chi connectivity index (χ2v) is 10.2. The van der Waals surface area contributed by atoms with E-state index in [1.165, 1.54) is 17.5 Å². The number of carbonyl (C=O) groups excluding carboxylic acids is 1.